The summed E-state index contributed by atoms with van der Waals surface area (Å²) in [7, 11) is 0. The molecular formula is C15H20N2S. The average Bonchev–Trinajstić information content (AvgIpc) is 2.89. The summed E-state index contributed by atoms with van der Waals surface area (Å²) in [5.41, 5.74) is 1.29. The maximum Gasteiger partial charge on any atom is 0.0438 e. The molecule has 0 aliphatic carbocycles. The van der Waals surface area contributed by atoms with Crippen molar-refractivity contribution in [1.82, 2.24) is 10.3 Å². The number of hydrogen-bond donors (Lipinski definition) is 1. The second-order valence-corrected chi connectivity index (χ2v) is 5.78. The molecule has 2 aromatic rings. The molecule has 1 N–H and O–H groups in total. The standard InChI is InChI=1S/C15H20N2S/c1-12(2)15(14-6-4-10-18-14)17-9-7-13-5-3-8-16-11-13/h3-6,8,10-12,15,17H,7,9H2,1-2H3. The van der Waals surface area contributed by atoms with Crippen LogP contribution in [0.3, 0.4) is 0 Å². The molecule has 96 valence electrons. The molecule has 0 aliphatic heterocycles. The molecule has 0 spiro atoms. The maximum absolute atomic E-state index is 4.14. The SMILES string of the molecule is CC(C)C(NCCc1cccnc1)c1cccs1. The molecule has 2 aromatic heterocycles. The number of nitrogens with zero attached hydrogens (tertiary/aromatic N) is 1. The minimum Gasteiger partial charge on any atom is -0.309 e. The van der Waals surface area contributed by atoms with Gasteiger partial charge in [0.1, 0.15) is 0 Å². The van der Waals surface area contributed by atoms with Gasteiger partial charge in [-0.3, -0.25) is 4.98 Å². The molecule has 1 atom stereocenters. The predicted molar refractivity (Wildman–Crippen MR) is 77.8 cm³/mol. The summed E-state index contributed by atoms with van der Waals surface area (Å²) in [5.74, 6) is 0.609. The lowest BCUT2D eigenvalue weighted by Gasteiger charge is -2.21. The predicted octanol–water partition coefficient (Wildman–Crippen LogP) is 3.67. The Kier molecular flexibility index (Phi) is 4.90. The van der Waals surface area contributed by atoms with Crippen molar-refractivity contribution in [3.05, 3.63) is 52.5 Å². The van der Waals surface area contributed by atoms with Gasteiger partial charge in [-0.05, 0) is 42.0 Å². The molecule has 1 unspecified atom stereocenters. The van der Waals surface area contributed by atoms with Crippen molar-refractivity contribution in [1.29, 1.82) is 0 Å². The van der Waals surface area contributed by atoms with E-state index in [0.717, 1.165) is 13.0 Å². The molecule has 0 saturated heterocycles. The van der Waals surface area contributed by atoms with E-state index in [2.05, 4.69) is 47.7 Å². The van der Waals surface area contributed by atoms with Crippen LogP contribution in [-0.2, 0) is 6.42 Å². The molecule has 18 heavy (non-hydrogen) atoms. The van der Waals surface area contributed by atoms with E-state index < -0.39 is 0 Å². The third-order valence-corrected chi connectivity index (χ3v) is 3.97. The van der Waals surface area contributed by atoms with Gasteiger partial charge in [0.2, 0.25) is 0 Å². The van der Waals surface area contributed by atoms with Gasteiger partial charge in [-0.1, -0.05) is 26.0 Å². The lowest BCUT2D eigenvalue weighted by atomic mass is 10.0. The Labute approximate surface area is 113 Å². The van der Waals surface area contributed by atoms with E-state index in [9.17, 15) is 0 Å². The van der Waals surface area contributed by atoms with E-state index in [1.165, 1.54) is 10.4 Å². The maximum atomic E-state index is 4.14. The minimum atomic E-state index is 0.460. The Hall–Kier alpha value is -1.19. The first kappa shape index (κ1) is 13.2. The highest BCUT2D eigenvalue weighted by Gasteiger charge is 2.15. The van der Waals surface area contributed by atoms with Crippen LogP contribution in [0.2, 0.25) is 0 Å². The van der Waals surface area contributed by atoms with Gasteiger partial charge in [-0.25, -0.2) is 0 Å². The van der Waals surface area contributed by atoms with Crippen molar-refractivity contribution in [3.8, 4) is 0 Å². The van der Waals surface area contributed by atoms with Crippen LogP contribution < -0.4 is 5.32 Å². The zero-order valence-corrected chi connectivity index (χ0v) is 11.8. The van der Waals surface area contributed by atoms with Gasteiger partial charge in [0.15, 0.2) is 0 Å². The highest BCUT2D eigenvalue weighted by Crippen LogP contribution is 2.25. The zero-order valence-electron chi connectivity index (χ0n) is 11.0. The van der Waals surface area contributed by atoms with E-state index in [1.807, 2.05) is 29.8 Å². The Bertz CT molecular complexity index is 437. The number of nitrogens with one attached hydrogen (secondary N) is 1. The first-order chi connectivity index (χ1) is 8.77. The van der Waals surface area contributed by atoms with E-state index in [1.54, 1.807) is 0 Å². The molecule has 0 aromatic carbocycles. The van der Waals surface area contributed by atoms with E-state index in [-0.39, 0.29) is 0 Å². The van der Waals surface area contributed by atoms with Crippen LogP contribution in [0.1, 0.15) is 30.3 Å². The highest BCUT2D eigenvalue weighted by molar-refractivity contribution is 7.10. The molecule has 2 heterocycles. The molecule has 2 nitrogen and oxygen atoms in total. The van der Waals surface area contributed by atoms with Crippen molar-refractivity contribution in [3.63, 3.8) is 0 Å². The Morgan fingerprint density at radius 3 is 2.78 bits per heavy atom. The molecule has 0 saturated carbocycles. The van der Waals surface area contributed by atoms with Crippen molar-refractivity contribution in [2.75, 3.05) is 6.54 Å². The summed E-state index contributed by atoms with van der Waals surface area (Å²) in [6, 6.07) is 8.92. The van der Waals surface area contributed by atoms with Crippen LogP contribution in [0.25, 0.3) is 0 Å². The van der Waals surface area contributed by atoms with Crippen molar-refractivity contribution in [2.24, 2.45) is 5.92 Å². The quantitative estimate of drug-likeness (QED) is 0.857. The summed E-state index contributed by atoms with van der Waals surface area (Å²) in [4.78, 5) is 5.57. The van der Waals surface area contributed by atoms with Crippen LogP contribution in [-0.4, -0.2) is 11.5 Å². The molecule has 0 fully saturated rings. The van der Waals surface area contributed by atoms with Crippen molar-refractivity contribution >= 4 is 11.3 Å². The summed E-state index contributed by atoms with van der Waals surface area (Å²) >= 11 is 1.83. The van der Waals surface area contributed by atoms with E-state index in [0.29, 0.717) is 12.0 Å². The van der Waals surface area contributed by atoms with Gasteiger partial charge in [0, 0.05) is 23.3 Å². The second kappa shape index (κ2) is 6.66. The van der Waals surface area contributed by atoms with Crippen LogP contribution in [0.15, 0.2) is 42.0 Å². The topological polar surface area (TPSA) is 24.9 Å². The third kappa shape index (κ3) is 3.65. The lowest BCUT2D eigenvalue weighted by Crippen LogP contribution is -2.27. The summed E-state index contributed by atoms with van der Waals surface area (Å²) in [6.45, 7) is 5.52. The van der Waals surface area contributed by atoms with Crippen LogP contribution in [0.5, 0.6) is 0 Å². The van der Waals surface area contributed by atoms with Gasteiger partial charge >= 0.3 is 0 Å². The van der Waals surface area contributed by atoms with Crippen LogP contribution in [0, 0.1) is 5.92 Å². The van der Waals surface area contributed by atoms with E-state index in [4.69, 9.17) is 0 Å². The van der Waals surface area contributed by atoms with Gasteiger partial charge in [-0.2, -0.15) is 0 Å². The first-order valence-corrected chi connectivity index (χ1v) is 7.31. The zero-order chi connectivity index (χ0) is 12.8. The van der Waals surface area contributed by atoms with Crippen LogP contribution >= 0.6 is 11.3 Å². The number of hydrogen-bond acceptors (Lipinski definition) is 3. The van der Waals surface area contributed by atoms with Gasteiger partial charge in [0.25, 0.3) is 0 Å². The molecule has 0 amide bonds. The smallest absolute Gasteiger partial charge is 0.0438 e. The minimum absolute atomic E-state index is 0.460. The molecule has 0 bridgehead atoms. The van der Waals surface area contributed by atoms with Gasteiger partial charge < -0.3 is 5.32 Å². The number of rotatable bonds is 6. The van der Waals surface area contributed by atoms with Crippen molar-refractivity contribution < 1.29 is 0 Å². The van der Waals surface area contributed by atoms with E-state index >= 15 is 0 Å². The fourth-order valence-electron chi connectivity index (χ4n) is 2.05. The highest BCUT2D eigenvalue weighted by atomic mass is 32.1. The molecule has 0 radical (unpaired) electrons. The largest absolute Gasteiger partial charge is 0.309 e. The second-order valence-electron chi connectivity index (χ2n) is 4.80. The molecule has 0 aliphatic rings. The molecule has 2 rings (SSSR count). The summed E-state index contributed by atoms with van der Waals surface area (Å²) in [6.07, 6.45) is 4.79. The monoisotopic (exact) mass is 260 g/mol. The fourth-order valence-corrected chi connectivity index (χ4v) is 3.02. The molecule has 3 heteroatoms. The Balaban J connectivity index is 1.87. The van der Waals surface area contributed by atoms with Crippen molar-refractivity contribution in [2.45, 2.75) is 26.3 Å². The van der Waals surface area contributed by atoms with Gasteiger partial charge in [0.05, 0.1) is 0 Å². The molecular weight excluding hydrogens is 240 g/mol. The Morgan fingerprint density at radius 2 is 2.17 bits per heavy atom. The number of thiophene rings is 1. The van der Waals surface area contributed by atoms with Crippen LogP contribution in [0.4, 0.5) is 0 Å². The normalized spacial score (nSPS) is 12.8. The lowest BCUT2D eigenvalue weighted by molar-refractivity contribution is 0.420. The Morgan fingerprint density at radius 1 is 1.28 bits per heavy atom. The fraction of sp³-hybridized carbons (Fsp3) is 0.400. The van der Waals surface area contributed by atoms with Gasteiger partial charge in [-0.15, -0.1) is 11.3 Å². The summed E-state index contributed by atoms with van der Waals surface area (Å²) in [5, 5.41) is 5.80. The summed E-state index contributed by atoms with van der Waals surface area (Å²) < 4.78 is 0. The number of pyridine rings is 1. The average molecular weight is 260 g/mol. The third-order valence-electron chi connectivity index (χ3n) is 3.02. The number of aromatic nitrogens is 1. The first-order valence-electron chi connectivity index (χ1n) is 6.43.